The number of carbonyl (C=O) groups excluding carboxylic acids is 3. The normalized spacial score (nSPS) is 20.5. The van der Waals surface area contributed by atoms with E-state index in [0.717, 1.165) is 62.3 Å². The van der Waals surface area contributed by atoms with E-state index in [9.17, 15) is 14.4 Å². The molecule has 47 heavy (non-hydrogen) atoms. The second kappa shape index (κ2) is 16.0. The van der Waals surface area contributed by atoms with Crippen molar-refractivity contribution in [2.75, 3.05) is 70.0 Å². The van der Waals surface area contributed by atoms with Gasteiger partial charge in [-0.15, -0.1) is 0 Å². The molecule has 0 aromatic heterocycles. The van der Waals surface area contributed by atoms with Crippen LogP contribution in [0.1, 0.15) is 44.2 Å². The van der Waals surface area contributed by atoms with E-state index in [1.54, 1.807) is 4.90 Å². The molecule has 6 rings (SSSR count). The van der Waals surface area contributed by atoms with Crippen molar-refractivity contribution < 1.29 is 19.1 Å². The summed E-state index contributed by atoms with van der Waals surface area (Å²) in [5.74, 6) is -0.168. The lowest BCUT2D eigenvalue weighted by Crippen LogP contribution is -2.56. The number of piperidine rings is 2. The Morgan fingerprint density at radius 2 is 1.55 bits per heavy atom. The molecule has 0 aliphatic carbocycles. The van der Waals surface area contributed by atoms with Crippen molar-refractivity contribution in [3.63, 3.8) is 0 Å². The second-order valence-electron chi connectivity index (χ2n) is 12.6. The Bertz CT molecular complexity index is 1400. The summed E-state index contributed by atoms with van der Waals surface area (Å²) < 4.78 is 7.48. The van der Waals surface area contributed by atoms with Crippen molar-refractivity contribution in [3.8, 4) is 0 Å². The minimum Gasteiger partial charge on any atom is -0.436 e. The number of urea groups is 1. The molecule has 4 N–H and O–H groups in total. The van der Waals surface area contributed by atoms with E-state index in [2.05, 4.69) is 47.4 Å². The van der Waals surface area contributed by atoms with Crippen molar-refractivity contribution in [1.82, 2.24) is 24.9 Å². The molecule has 2 aromatic rings. The van der Waals surface area contributed by atoms with Gasteiger partial charge in [0, 0.05) is 79.0 Å². The molecule has 3 saturated heterocycles. The third-order valence-electron chi connectivity index (χ3n) is 9.83. The van der Waals surface area contributed by atoms with Crippen LogP contribution >= 0.6 is 31.9 Å². The summed E-state index contributed by atoms with van der Waals surface area (Å²) in [6.07, 6.45) is 3.11. The Balaban J connectivity index is 0.00000433. The number of hydrogen-bond donors (Lipinski definition) is 3. The topological polar surface area (TPSA) is 123 Å². The van der Waals surface area contributed by atoms with Gasteiger partial charge in [0.25, 0.3) is 5.91 Å². The van der Waals surface area contributed by atoms with Gasteiger partial charge in [-0.2, -0.15) is 0 Å². The summed E-state index contributed by atoms with van der Waals surface area (Å²) in [6, 6.07) is 12.1. The van der Waals surface area contributed by atoms with Crippen LogP contribution in [0.15, 0.2) is 45.3 Å². The number of carbonyl (C=O) groups is 3. The number of para-hydroxylation sites is 1. The highest BCUT2D eigenvalue weighted by Crippen LogP contribution is 2.31. The monoisotopic (exact) mass is 775 g/mol. The van der Waals surface area contributed by atoms with Crippen molar-refractivity contribution in [1.29, 1.82) is 0 Å². The first-order valence-electron chi connectivity index (χ1n) is 16.3. The van der Waals surface area contributed by atoms with Crippen LogP contribution in [-0.4, -0.2) is 115 Å². The lowest BCUT2D eigenvalue weighted by molar-refractivity contribution is -0.143. The number of piperazine rings is 1. The van der Waals surface area contributed by atoms with E-state index in [-0.39, 0.29) is 31.8 Å². The molecule has 0 radical (unpaired) electrons. The number of nitrogens with one attached hydrogen (secondary N) is 2. The van der Waals surface area contributed by atoms with Gasteiger partial charge in [0.1, 0.15) is 0 Å². The van der Waals surface area contributed by atoms with E-state index >= 15 is 0 Å². The Kier molecular flexibility index (Phi) is 12.1. The largest absolute Gasteiger partial charge is 0.436 e. The van der Waals surface area contributed by atoms with E-state index in [0.29, 0.717) is 66.2 Å². The van der Waals surface area contributed by atoms with Gasteiger partial charge in [-0.3, -0.25) is 9.69 Å². The minimum atomic E-state index is -0.965. The fourth-order valence-corrected chi connectivity index (χ4v) is 8.41. The molecule has 0 spiro atoms. The molecule has 256 valence electrons. The first-order valence-corrected chi connectivity index (χ1v) is 17.9. The second-order valence-corrected chi connectivity index (χ2v) is 14.3. The maximum atomic E-state index is 14.0. The number of fused-ring (bicyclic) bond motifs is 1. The van der Waals surface area contributed by atoms with Gasteiger partial charge in [-0.25, -0.2) is 9.59 Å². The van der Waals surface area contributed by atoms with Gasteiger partial charge in [0.2, 0.25) is 0 Å². The standard InChI is InChI=1S/C33H43Br2N7O4.CH4/c34-26-19-22(20-27(35)30(26)36)21-29(31(43)40-17-15-39(16-18-40)24-5-10-37-11-6-24)46-33(45)41-12-8-25(9-13-41)42-14-7-23-3-1-2-4-28(23)38-32(42)44;/h1-4,19-20,24-25,29,37H,5-18,21,36H2,(H,38,44);1H4/t29-;/m1./s1. The number of rotatable bonds is 6. The van der Waals surface area contributed by atoms with Gasteiger partial charge >= 0.3 is 12.1 Å². The van der Waals surface area contributed by atoms with Crippen LogP contribution in [0.3, 0.4) is 0 Å². The van der Waals surface area contributed by atoms with Crippen LogP contribution in [0.25, 0.3) is 0 Å². The van der Waals surface area contributed by atoms with Crippen molar-refractivity contribution in [2.45, 2.75) is 64.1 Å². The SMILES string of the molecule is C.Nc1c(Br)cc(C[C@@H](OC(=O)N2CCC(N3CCc4ccccc4NC3=O)CC2)C(=O)N2CCN(C3CCNCC3)CC2)cc1Br. The number of nitrogens with zero attached hydrogens (tertiary/aromatic N) is 4. The number of anilines is 2. The fraction of sp³-hybridized carbons (Fsp3) is 0.559. The Hall–Kier alpha value is -2.87. The van der Waals surface area contributed by atoms with Crippen LogP contribution in [0, 0.1) is 0 Å². The Labute approximate surface area is 294 Å². The molecule has 11 nitrogen and oxygen atoms in total. The zero-order valence-electron chi connectivity index (χ0n) is 26.1. The summed E-state index contributed by atoms with van der Waals surface area (Å²) in [5, 5.41) is 6.47. The number of halogens is 2. The van der Waals surface area contributed by atoms with Gasteiger partial charge < -0.3 is 35.8 Å². The molecule has 13 heteroatoms. The summed E-state index contributed by atoms with van der Waals surface area (Å²) in [7, 11) is 0. The number of ether oxygens (including phenoxy) is 1. The Morgan fingerprint density at radius 3 is 2.23 bits per heavy atom. The molecule has 0 unspecified atom stereocenters. The van der Waals surface area contributed by atoms with E-state index in [1.165, 1.54) is 0 Å². The predicted octanol–water partition coefficient (Wildman–Crippen LogP) is 4.93. The number of nitrogen functional groups attached to an aromatic ring is 1. The molecule has 2 aromatic carbocycles. The highest BCUT2D eigenvalue weighted by atomic mass is 79.9. The molecule has 4 aliphatic rings. The third kappa shape index (κ3) is 8.41. The molecular weight excluding hydrogens is 730 g/mol. The number of likely N-dealkylation sites (tertiary alicyclic amines) is 1. The molecule has 4 amide bonds. The lowest BCUT2D eigenvalue weighted by atomic mass is 10.0. The van der Waals surface area contributed by atoms with Gasteiger partial charge in [0.05, 0.1) is 5.69 Å². The van der Waals surface area contributed by atoms with E-state index < -0.39 is 12.2 Å². The number of hydrogen-bond acceptors (Lipinski definition) is 7. The summed E-state index contributed by atoms with van der Waals surface area (Å²) >= 11 is 7.01. The highest BCUT2D eigenvalue weighted by Gasteiger charge is 2.36. The van der Waals surface area contributed by atoms with Crippen molar-refractivity contribution in [2.24, 2.45) is 0 Å². The minimum absolute atomic E-state index is 0. The average Bonchev–Trinajstić information content (AvgIpc) is 3.25. The lowest BCUT2D eigenvalue weighted by Gasteiger charge is -2.41. The maximum Gasteiger partial charge on any atom is 0.410 e. The number of nitrogens with two attached hydrogens (primary N) is 1. The zero-order chi connectivity index (χ0) is 32.2. The van der Waals surface area contributed by atoms with Gasteiger partial charge in [-0.1, -0.05) is 25.6 Å². The fourth-order valence-electron chi connectivity index (χ4n) is 7.13. The average molecular weight is 778 g/mol. The van der Waals surface area contributed by atoms with Crippen LogP contribution in [0.5, 0.6) is 0 Å². The Morgan fingerprint density at radius 1 is 0.894 bits per heavy atom. The molecule has 0 saturated carbocycles. The van der Waals surface area contributed by atoms with Crippen LogP contribution in [0.2, 0.25) is 0 Å². The zero-order valence-corrected chi connectivity index (χ0v) is 29.2. The molecule has 4 aliphatic heterocycles. The van der Waals surface area contributed by atoms with Crippen LogP contribution in [0.4, 0.5) is 21.0 Å². The number of amides is 4. The van der Waals surface area contributed by atoms with Crippen LogP contribution in [-0.2, 0) is 22.4 Å². The molecule has 1 atom stereocenters. The van der Waals surface area contributed by atoms with Crippen LogP contribution < -0.4 is 16.4 Å². The first-order chi connectivity index (χ1) is 22.3. The molecule has 0 bridgehead atoms. The van der Waals surface area contributed by atoms with Gasteiger partial charge in [-0.05, 0) is 106 Å². The third-order valence-corrected chi connectivity index (χ3v) is 11.1. The molecular formula is C34H47Br2N7O4. The first kappa shape index (κ1) is 35.4. The number of benzene rings is 2. The van der Waals surface area contributed by atoms with Crippen molar-refractivity contribution >= 4 is 61.3 Å². The van der Waals surface area contributed by atoms with E-state index in [4.69, 9.17) is 10.5 Å². The maximum absolute atomic E-state index is 14.0. The van der Waals surface area contributed by atoms with Gasteiger partial charge in [0.15, 0.2) is 6.10 Å². The molecule has 4 heterocycles. The quantitative estimate of drug-likeness (QED) is 0.356. The summed E-state index contributed by atoms with van der Waals surface area (Å²) in [4.78, 5) is 48.5. The summed E-state index contributed by atoms with van der Waals surface area (Å²) in [5.41, 5.74) is 9.51. The van der Waals surface area contributed by atoms with E-state index in [1.807, 2.05) is 46.2 Å². The highest BCUT2D eigenvalue weighted by molar-refractivity contribution is 9.11. The predicted molar refractivity (Wildman–Crippen MR) is 191 cm³/mol. The summed E-state index contributed by atoms with van der Waals surface area (Å²) in [6.45, 7) is 6.46. The van der Waals surface area contributed by atoms with Crippen molar-refractivity contribution in [3.05, 3.63) is 56.5 Å². The molecule has 3 fully saturated rings. The smallest absolute Gasteiger partial charge is 0.410 e.